The number of anilines is 1. The van der Waals surface area contributed by atoms with Gasteiger partial charge in [0.15, 0.2) is 5.96 Å². The van der Waals surface area contributed by atoms with Crippen molar-refractivity contribution in [2.45, 2.75) is 19.8 Å². The summed E-state index contributed by atoms with van der Waals surface area (Å²) < 4.78 is 0. The van der Waals surface area contributed by atoms with Crippen molar-refractivity contribution in [1.29, 1.82) is 0 Å². The van der Waals surface area contributed by atoms with Crippen molar-refractivity contribution in [2.24, 2.45) is 4.99 Å². The van der Waals surface area contributed by atoms with E-state index in [9.17, 15) is 0 Å². The van der Waals surface area contributed by atoms with Gasteiger partial charge in [0.2, 0.25) is 0 Å². The highest BCUT2D eigenvalue weighted by atomic mass is 15.3. The summed E-state index contributed by atoms with van der Waals surface area (Å²) in [4.78, 5) is 9.26. The minimum atomic E-state index is 0.917. The molecule has 0 saturated carbocycles. The second-order valence-corrected chi connectivity index (χ2v) is 5.94. The molecular formula is C18H31N5. The Hall–Kier alpha value is -1.75. The summed E-state index contributed by atoms with van der Waals surface area (Å²) in [7, 11) is 1.83. The molecule has 0 spiro atoms. The molecule has 0 amide bonds. The van der Waals surface area contributed by atoms with Gasteiger partial charge in [-0.2, -0.15) is 0 Å². The van der Waals surface area contributed by atoms with Crippen molar-refractivity contribution >= 4 is 11.6 Å². The first-order valence-electron chi connectivity index (χ1n) is 8.80. The highest BCUT2D eigenvalue weighted by molar-refractivity contribution is 5.79. The van der Waals surface area contributed by atoms with E-state index in [1.54, 1.807) is 0 Å². The Bertz CT molecular complexity index is 452. The van der Waals surface area contributed by atoms with E-state index < -0.39 is 0 Å². The van der Waals surface area contributed by atoms with E-state index in [-0.39, 0.29) is 0 Å². The fourth-order valence-electron chi connectivity index (χ4n) is 2.84. The van der Waals surface area contributed by atoms with Crippen LogP contribution in [-0.2, 0) is 0 Å². The van der Waals surface area contributed by atoms with Gasteiger partial charge in [-0.15, -0.1) is 0 Å². The molecule has 2 N–H and O–H groups in total. The van der Waals surface area contributed by atoms with Crippen LogP contribution in [0.3, 0.4) is 0 Å². The van der Waals surface area contributed by atoms with E-state index in [1.165, 1.54) is 5.69 Å². The lowest BCUT2D eigenvalue weighted by Gasteiger charge is -2.36. The van der Waals surface area contributed by atoms with Gasteiger partial charge in [-0.25, -0.2) is 0 Å². The molecule has 2 rings (SSSR count). The van der Waals surface area contributed by atoms with Gasteiger partial charge in [0.25, 0.3) is 0 Å². The summed E-state index contributed by atoms with van der Waals surface area (Å²) in [6, 6.07) is 10.7. The lowest BCUT2D eigenvalue weighted by atomic mass is 10.2. The molecule has 1 fully saturated rings. The number of hydrogen-bond donors (Lipinski definition) is 2. The standard InChI is InChI=1S/C18H31N5/c1-3-10-20-18(19-2)21-11-7-12-22-13-15-23(16-14-22)17-8-5-4-6-9-17/h4-6,8-9H,3,7,10-16H2,1-2H3,(H2,19,20,21). The first kappa shape index (κ1) is 17.6. The molecule has 5 nitrogen and oxygen atoms in total. The largest absolute Gasteiger partial charge is 0.369 e. The van der Waals surface area contributed by atoms with Gasteiger partial charge in [0.1, 0.15) is 0 Å². The van der Waals surface area contributed by atoms with Gasteiger partial charge in [-0.05, 0) is 31.5 Å². The van der Waals surface area contributed by atoms with Crippen LogP contribution in [0.4, 0.5) is 5.69 Å². The van der Waals surface area contributed by atoms with Gasteiger partial charge in [0, 0.05) is 52.0 Å². The SMILES string of the molecule is CCCNC(=NC)NCCCN1CCN(c2ccccc2)CC1. The molecule has 0 bridgehead atoms. The zero-order valence-corrected chi connectivity index (χ0v) is 14.6. The molecule has 1 heterocycles. The number of aliphatic imine (C=N–C) groups is 1. The van der Waals surface area contributed by atoms with Gasteiger partial charge in [0.05, 0.1) is 0 Å². The number of para-hydroxylation sites is 1. The van der Waals surface area contributed by atoms with E-state index in [2.05, 4.69) is 62.7 Å². The lowest BCUT2D eigenvalue weighted by molar-refractivity contribution is 0.255. The van der Waals surface area contributed by atoms with Crippen molar-refractivity contribution in [1.82, 2.24) is 15.5 Å². The number of rotatable bonds is 7. The molecule has 5 heteroatoms. The fraction of sp³-hybridized carbons (Fsp3) is 0.611. The molecular weight excluding hydrogens is 286 g/mol. The van der Waals surface area contributed by atoms with Crippen molar-refractivity contribution < 1.29 is 0 Å². The first-order valence-corrected chi connectivity index (χ1v) is 8.80. The van der Waals surface area contributed by atoms with Crippen LogP contribution in [0.25, 0.3) is 0 Å². The number of benzene rings is 1. The Morgan fingerprint density at radius 1 is 1.04 bits per heavy atom. The molecule has 0 aliphatic carbocycles. The summed E-state index contributed by atoms with van der Waals surface area (Å²) in [6.07, 6.45) is 2.27. The average Bonchev–Trinajstić information content (AvgIpc) is 2.62. The predicted molar refractivity (Wildman–Crippen MR) is 99.4 cm³/mol. The van der Waals surface area contributed by atoms with Gasteiger partial charge >= 0.3 is 0 Å². The number of piperazine rings is 1. The molecule has 1 aromatic rings. The van der Waals surface area contributed by atoms with E-state index in [0.717, 1.165) is 64.6 Å². The third-order valence-corrected chi connectivity index (χ3v) is 4.20. The Balaban J connectivity index is 1.60. The van der Waals surface area contributed by atoms with E-state index in [1.807, 2.05) is 7.05 Å². The third-order valence-electron chi connectivity index (χ3n) is 4.20. The van der Waals surface area contributed by atoms with Gasteiger partial charge < -0.3 is 15.5 Å². The zero-order valence-electron chi connectivity index (χ0n) is 14.6. The topological polar surface area (TPSA) is 42.9 Å². The van der Waals surface area contributed by atoms with E-state index >= 15 is 0 Å². The summed E-state index contributed by atoms with van der Waals surface area (Å²) in [5, 5.41) is 6.68. The number of hydrogen-bond acceptors (Lipinski definition) is 3. The Morgan fingerprint density at radius 2 is 1.74 bits per heavy atom. The second kappa shape index (κ2) is 10.1. The summed E-state index contributed by atoms with van der Waals surface area (Å²) >= 11 is 0. The Morgan fingerprint density at radius 3 is 2.39 bits per heavy atom. The molecule has 128 valence electrons. The van der Waals surface area contributed by atoms with Crippen LogP contribution in [0.5, 0.6) is 0 Å². The molecule has 23 heavy (non-hydrogen) atoms. The fourth-order valence-corrected chi connectivity index (χ4v) is 2.84. The highest BCUT2D eigenvalue weighted by Crippen LogP contribution is 2.15. The molecule has 1 aliphatic rings. The highest BCUT2D eigenvalue weighted by Gasteiger charge is 2.16. The van der Waals surface area contributed by atoms with Crippen LogP contribution >= 0.6 is 0 Å². The number of nitrogens with zero attached hydrogens (tertiary/aromatic N) is 3. The first-order chi connectivity index (χ1) is 11.3. The van der Waals surface area contributed by atoms with Crippen LogP contribution in [0.2, 0.25) is 0 Å². The average molecular weight is 317 g/mol. The predicted octanol–water partition coefficient (Wildman–Crippen LogP) is 1.77. The lowest BCUT2D eigenvalue weighted by Crippen LogP contribution is -2.47. The summed E-state index contributed by atoms with van der Waals surface area (Å²) in [5.41, 5.74) is 1.35. The van der Waals surface area contributed by atoms with E-state index in [0.29, 0.717) is 0 Å². The Kier molecular flexibility index (Phi) is 7.73. The van der Waals surface area contributed by atoms with Crippen LogP contribution in [-0.4, -0.2) is 63.7 Å². The molecule has 0 atom stereocenters. The zero-order chi connectivity index (χ0) is 16.3. The molecule has 0 radical (unpaired) electrons. The van der Waals surface area contributed by atoms with Gasteiger partial charge in [-0.1, -0.05) is 25.1 Å². The quantitative estimate of drug-likeness (QED) is 0.457. The van der Waals surface area contributed by atoms with Crippen molar-refractivity contribution in [3.05, 3.63) is 30.3 Å². The molecule has 0 unspecified atom stereocenters. The normalized spacial score (nSPS) is 16.4. The monoisotopic (exact) mass is 317 g/mol. The molecule has 1 aromatic carbocycles. The maximum Gasteiger partial charge on any atom is 0.190 e. The minimum Gasteiger partial charge on any atom is -0.369 e. The third kappa shape index (κ3) is 6.10. The van der Waals surface area contributed by atoms with Crippen LogP contribution in [0, 0.1) is 0 Å². The maximum atomic E-state index is 4.23. The van der Waals surface area contributed by atoms with E-state index in [4.69, 9.17) is 0 Å². The van der Waals surface area contributed by atoms with Crippen LogP contribution in [0.15, 0.2) is 35.3 Å². The maximum absolute atomic E-state index is 4.23. The summed E-state index contributed by atoms with van der Waals surface area (Å²) in [5.74, 6) is 0.917. The number of guanidine groups is 1. The molecule has 1 aliphatic heterocycles. The van der Waals surface area contributed by atoms with Crippen molar-refractivity contribution in [2.75, 3.05) is 57.8 Å². The van der Waals surface area contributed by atoms with Crippen molar-refractivity contribution in [3.63, 3.8) is 0 Å². The number of nitrogens with one attached hydrogen (secondary N) is 2. The molecule has 1 saturated heterocycles. The van der Waals surface area contributed by atoms with Crippen molar-refractivity contribution in [3.8, 4) is 0 Å². The minimum absolute atomic E-state index is 0.917. The smallest absolute Gasteiger partial charge is 0.190 e. The van der Waals surface area contributed by atoms with Gasteiger partial charge in [-0.3, -0.25) is 9.89 Å². The summed E-state index contributed by atoms with van der Waals surface area (Å²) in [6.45, 7) is 9.81. The van der Waals surface area contributed by atoms with Crippen LogP contribution < -0.4 is 15.5 Å². The van der Waals surface area contributed by atoms with Crippen LogP contribution in [0.1, 0.15) is 19.8 Å². The second-order valence-electron chi connectivity index (χ2n) is 5.94. The molecule has 0 aromatic heterocycles. The Labute approximate surface area is 140 Å².